The summed E-state index contributed by atoms with van der Waals surface area (Å²) in [4.78, 5) is 7.36. The van der Waals surface area contributed by atoms with Crippen LogP contribution in [0.1, 0.15) is 91.8 Å². The third-order valence-corrected chi connectivity index (χ3v) is 7.32. The maximum absolute atomic E-state index is 11.0. The van der Waals surface area contributed by atoms with E-state index in [0.29, 0.717) is 5.75 Å². The van der Waals surface area contributed by atoms with Crippen LogP contribution in [0.25, 0.3) is 0 Å². The zero-order valence-electron chi connectivity index (χ0n) is 20.1. The second-order valence-corrected chi connectivity index (χ2v) is 11.7. The molecule has 0 bridgehead atoms. The number of benzene rings is 1. The van der Waals surface area contributed by atoms with E-state index in [0.717, 1.165) is 24.0 Å². The fourth-order valence-corrected chi connectivity index (χ4v) is 4.45. The number of hydrogen-bond donors (Lipinski definition) is 1. The van der Waals surface area contributed by atoms with E-state index >= 15 is 0 Å². The van der Waals surface area contributed by atoms with Crippen molar-refractivity contribution in [3.05, 3.63) is 28.8 Å². The average Bonchev–Trinajstić information content (AvgIpc) is 2.75. The van der Waals surface area contributed by atoms with Crippen molar-refractivity contribution in [3.63, 3.8) is 0 Å². The summed E-state index contributed by atoms with van der Waals surface area (Å²) in [5.74, 6) is 0.371. The number of nitrogens with zero attached hydrogens (tertiary/aromatic N) is 2. The largest absolute Gasteiger partial charge is 0.507 e. The fourth-order valence-electron chi connectivity index (χ4n) is 4.45. The lowest BCUT2D eigenvalue weighted by Gasteiger charge is -2.45. The highest BCUT2D eigenvalue weighted by atomic mass is 16.3. The molecule has 1 aromatic carbocycles. The van der Waals surface area contributed by atoms with Crippen LogP contribution in [0.2, 0.25) is 0 Å². The Morgan fingerprint density at radius 2 is 1.61 bits per heavy atom. The van der Waals surface area contributed by atoms with Crippen LogP contribution in [-0.2, 0) is 10.8 Å². The summed E-state index contributed by atoms with van der Waals surface area (Å²) in [5.41, 5.74) is 3.16. The van der Waals surface area contributed by atoms with E-state index < -0.39 is 0 Å². The summed E-state index contributed by atoms with van der Waals surface area (Å²) < 4.78 is 0. The van der Waals surface area contributed by atoms with Crippen LogP contribution < -0.4 is 0 Å². The zero-order chi connectivity index (χ0) is 21.7. The highest BCUT2D eigenvalue weighted by Gasteiger charge is 2.52. The molecule has 158 valence electrons. The molecule has 2 rings (SSSR count). The molecule has 1 aliphatic rings. The Balaban J connectivity index is 2.49. The van der Waals surface area contributed by atoms with Crippen LogP contribution in [-0.4, -0.2) is 41.9 Å². The lowest BCUT2D eigenvalue weighted by molar-refractivity contribution is 0.0568. The van der Waals surface area contributed by atoms with Crippen molar-refractivity contribution < 1.29 is 5.11 Å². The van der Waals surface area contributed by atoms with Gasteiger partial charge in [-0.15, -0.1) is 0 Å². The summed E-state index contributed by atoms with van der Waals surface area (Å²) in [6.45, 7) is 20.1. The summed E-state index contributed by atoms with van der Waals surface area (Å²) >= 11 is 0. The van der Waals surface area contributed by atoms with Gasteiger partial charge in [-0.1, -0.05) is 61.5 Å². The Kier molecular flexibility index (Phi) is 5.87. The van der Waals surface area contributed by atoms with Crippen molar-refractivity contribution in [1.29, 1.82) is 0 Å². The number of hydrogen-bond acceptors (Lipinski definition) is 3. The Bertz CT molecular complexity index is 747. The summed E-state index contributed by atoms with van der Waals surface area (Å²) in [6.07, 6.45) is 4.13. The van der Waals surface area contributed by atoms with Crippen molar-refractivity contribution in [3.8, 4) is 5.75 Å². The van der Waals surface area contributed by atoms with Gasteiger partial charge in [0.05, 0.1) is 6.04 Å². The van der Waals surface area contributed by atoms with E-state index in [1.807, 2.05) is 6.21 Å². The van der Waals surface area contributed by atoms with E-state index in [-0.39, 0.29) is 27.8 Å². The average molecular weight is 387 g/mol. The molecule has 1 N–H and O–H groups in total. The van der Waals surface area contributed by atoms with Crippen LogP contribution >= 0.6 is 0 Å². The molecule has 1 fully saturated rings. The number of aromatic hydroxyl groups is 1. The molecule has 0 saturated heterocycles. The lowest BCUT2D eigenvalue weighted by Crippen LogP contribution is -2.52. The van der Waals surface area contributed by atoms with Gasteiger partial charge in [0.25, 0.3) is 0 Å². The molecule has 0 heterocycles. The first-order valence-electron chi connectivity index (χ1n) is 10.6. The smallest absolute Gasteiger partial charge is 0.128 e. The monoisotopic (exact) mass is 386 g/mol. The van der Waals surface area contributed by atoms with Crippen molar-refractivity contribution in [2.24, 2.45) is 10.4 Å². The number of aliphatic imine (C=N–C) groups is 1. The Hall–Kier alpha value is -1.35. The first-order valence-corrected chi connectivity index (χ1v) is 10.6. The van der Waals surface area contributed by atoms with Crippen LogP contribution in [0.4, 0.5) is 0 Å². The zero-order valence-corrected chi connectivity index (χ0v) is 20.1. The normalized spacial score (nSPS) is 25.8. The minimum atomic E-state index is -0.121. The lowest BCUT2D eigenvalue weighted by atomic mass is 9.73. The molecule has 1 aliphatic carbocycles. The molecule has 3 heteroatoms. The second kappa shape index (κ2) is 7.16. The molecule has 28 heavy (non-hydrogen) atoms. The fraction of sp³-hybridized carbons (Fsp3) is 0.720. The van der Waals surface area contributed by atoms with Crippen LogP contribution in [0.5, 0.6) is 5.75 Å². The van der Waals surface area contributed by atoms with Gasteiger partial charge >= 0.3 is 0 Å². The SMILES string of the molecule is CN(C)[C@]1(C)CC[C@H](N=Cc2cc(C(C)(C)C)cc(C(C)(C)C)c2O)C1(C)C. The Morgan fingerprint density at radius 1 is 1.04 bits per heavy atom. The van der Waals surface area contributed by atoms with Crippen molar-refractivity contribution >= 4 is 6.21 Å². The van der Waals surface area contributed by atoms with E-state index in [9.17, 15) is 5.11 Å². The van der Waals surface area contributed by atoms with Gasteiger partial charge in [0.1, 0.15) is 5.75 Å². The van der Waals surface area contributed by atoms with Crippen molar-refractivity contribution in [2.75, 3.05) is 14.1 Å². The summed E-state index contributed by atoms with van der Waals surface area (Å²) in [7, 11) is 4.34. The second-order valence-electron chi connectivity index (χ2n) is 11.7. The molecule has 1 saturated carbocycles. The van der Waals surface area contributed by atoms with Gasteiger partial charge in [-0.2, -0.15) is 0 Å². The molecular formula is C25H42N2O. The number of rotatable bonds is 3. The third-order valence-electron chi connectivity index (χ3n) is 7.32. The minimum Gasteiger partial charge on any atom is -0.507 e. The molecule has 0 aromatic heterocycles. The third kappa shape index (κ3) is 4.01. The predicted molar refractivity (Wildman–Crippen MR) is 122 cm³/mol. The van der Waals surface area contributed by atoms with Gasteiger partial charge in [-0.3, -0.25) is 4.99 Å². The highest BCUT2D eigenvalue weighted by molar-refractivity contribution is 5.85. The highest BCUT2D eigenvalue weighted by Crippen LogP contribution is 2.50. The van der Waals surface area contributed by atoms with Gasteiger partial charge in [0.15, 0.2) is 0 Å². The number of phenols is 1. The van der Waals surface area contributed by atoms with Crippen LogP contribution in [0.3, 0.4) is 0 Å². The first kappa shape index (κ1) is 22.9. The quantitative estimate of drug-likeness (QED) is 0.655. The maximum Gasteiger partial charge on any atom is 0.128 e. The molecule has 0 aliphatic heterocycles. The molecule has 0 unspecified atom stereocenters. The molecular weight excluding hydrogens is 344 g/mol. The van der Waals surface area contributed by atoms with Crippen LogP contribution in [0.15, 0.2) is 17.1 Å². The summed E-state index contributed by atoms with van der Waals surface area (Å²) in [6, 6.07) is 4.52. The van der Waals surface area contributed by atoms with Crippen molar-refractivity contribution in [1.82, 2.24) is 4.90 Å². The van der Waals surface area contributed by atoms with Gasteiger partial charge in [-0.05, 0) is 56.3 Å². The van der Waals surface area contributed by atoms with Crippen molar-refractivity contribution in [2.45, 2.75) is 97.6 Å². The topological polar surface area (TPSA) is 35.8 Å². The number of phenolic OH excluding ortho intramolecular Hbond substituents is 1. The Morgan fingerprint density at radius 3 is 2.04 bits per heavy atom. The first-order chi connectivity index (χ1) is 12.5. The molecule has 0 amide bonds. The minimum absolute atomic E-state index is 0.0203. The molecule has 3 nitrogen and oxygen atoms in total. The molecule has 0 radical (unpaired) electrons. The van der Waals surface area contributed by atoms with E-state index in [4.69, 9.17) is 4.99 Å². The van der Waals surface area contributed by atoms with Crippen LogP contribution in [0, 0.1) is 5.41 Å². The molecule has 1 aromatic rings. The Labute approximate surface area is 173 Å². The molecule has 0 spiro atoms. The van der Waals surface area contributed by atoms with Gasteiger partial charge in [0, 0.05) is 28.3 Å². The molecule has 2 atom stereocenters. The van der Waals surface area contributed by atoms with Gasteiger partial charge in [-0.25, -0.2) is 0 Å². The van der Waals surface area contributed by atoms with Gasteiger partial charge in [0.2, 0.25) is 0 Å². The van der Waals surface area contributed by atoms with E-state index in [1.54, 1.807) is 0 Å². The van der Waals surface area contributed by atoms with Gasteiger partial charge < -0.3 is 10.0 Å². The van der Waals surface area contributed by atoms with E-state index in [2.05, 4.69) is 93.4 Å². The predicted octanol–water partition coefficient (Wildman–Crippen LogP) is 5.92. The standard InChI is InChI=1S/C25H42N2O/c1-22(2,3)18-14-17(21(28)19(15-18)23(4,5)6)16-26-20-12-13-25(9,27(10)11)24(20,7)8/h14-16,20,28H,12-13H2,1-11H3/t20-,25+/m0/s1. The summed E-state index contributed by atoms with van der Waals surface area (Å²) in [5, 5.41) is 11.0. The maximum atomic E-state index is 11.0. The van der Waals surface area contributed by atoms with E-state index in [1.165, 1.54) is 5.56 Å².